The van der Waals surface area contributed by atoms with Crippen LogP contribution in [0.4, 0.5) is 0 Å². The molecular formula is C12H23BrN2. The summed E-state index contributed by atoms with van der Waals surface area (Å²) >= 11 is 3.75. The molecule has 3 heteroatoms. The van der Waals surface area contributed by atoms with Crippen LogP contribution in [0, 0.1) is 5.92 Å². The van der Waals surface area contributed by atoms with Crippen LogP contribution in [0.25, 0.3) is 0 Å². The summed E-state index contributed by atoms with van der Waals surface area (Å²) in [7, 11) is 0. The van der Waals surface area contributed by atoms with Crippen LogP contribution < -0.4 is 0 Å². The predicted molar refractivity (Wildman–Crippen MR) is 68.6 cm³/mol. The van der Waals surface area contributed by atoms with Crippen molar-refractivity contribution in [2.75, 3.05) is 26.2 Å². The van der Waals surface area contributed by atoms with Crippen LogP contribution in [0.1, 0.15) is 27.2 Å². The maximum Gasteiger partial charge on any atom is 0.0288 e. The number of piperazine rings is 1. The van der Waals surface area contributed by atoms with Crippen molar-refractivity contribution in [1.29, 1.82) is 0 Å². The smallest absolute Gasteiger partial charge is 0.0288 e. The molecule has 0 N–H and O–H groups in total. The Morgan fingerprint density at radius 1 is 1.13 bits per heavy atom. The number of nitrogens with zero attached hydrogens (tertiary/aromatic N) is 2. The number of halogens is 1. The second kappa shape index (κ2) is 4.72. The summed E-state index contributed by atoms with van der Waals surface area (Å²) in [6.45, 7) is 12.1. The van der Waals surface area contributed by atoms with E-state index in [-0.39, 0.29) is 0 Å². The zero-order valence-electron chi connectivity index (χ0n) is 10.1. The van der Waals surface area contributed by atoms with Crippen LogP contribution >= 0.6 is 15.9 Å². The largest absolute Gasteiger partial charge is 0.298 e. The number of fused-ring (bicyclic) bond motifs is 1. The van der Waals surface area contributed by atoms with E-state index in [1.54, 1.807) is 0 Å². The highest BCUT2D eigenvalue weighted by Crippen LogP contribution is 2.27. The quantitative estimate of drug-likeness (QED) is 0.713. The van der Waals surface area contributed by atoms with Crippen molar-refractivity contribution >= 4 is 15.9 Å². The summed E-state index contributed by atoms with van der Waals surface area (Å²) in [5.74, 6) is 0.776. The second-order valence-electron chi connectivity index (χ2n) is 5.46. The fourth-order valence-corrected chi connectivity index (χ4v) is 3.60. The van der Waals surface area contributed by atoms with E-state index in [4.69, 9.17) is 0 Å². The first-order valence-electron chi connectivity index (χ1n) is 6.20. The highest BCUT2D eigenvalue weighted by molar-refractivity contribution is 9.09. The molecular weight excluding hydrogens is 252 g/mol. The van der Waals surface area contributed by atoms with Gasteiger partial charge in [-0.25, -0.2) is 0 Å². The van der Waals surface area contributed by atoms with E-state index in [1.807, 2.05) is 0 Å². The zero-order chi connectivity index (χ0) is 11.0. The van der Waals surface area contributed by atoms with Crippen molar-refractivity contribution in [3.8, 4) is 0 Å². The molecule has 2 rings (SSSR count). The Balaban J connectivity index is 1.92. The van der Waals surface area contributed by atoms with E-state index in [0.29, 0.717) is 0 Å². The molecule has 0 spiro atoms. The van der Waals surface area contributed by atoms with Gasteiger partial charge >= 0.3 is 0 Å². The molecule has 0 bridgehead atoms. The first-order chi connectivity index (χ1) is 7.08. The summed E-state index contributed by atoms with van der Waals surface area (Å²) < 4.78 is 0. The van der Waals surface area contributed by atoms with Crippen molar-refractivity contribution in [2.45, 2.75) is 44.1 Å². The Morgan fingerprint density at radius 3 is 2.53 bits per heavy atom. The maximum atomic E-state index is 3.75. The van der Waals surface area contributed by atoms with Gasteiger partial charge in [0.05, 0.1) is 0 Å². The number of hydrogen-bond donors (Lipinski definition) is 0. The van der Waals surface area contributed by atoms with Gasteiger partial charge in [0.2, 0.25) is 0 Å². The van der Waals surface area contributed by atoms with Crippen LogP contribution in [0.15, 0.2) is 0 Å². The van der Waals surface area contributed by atoms with Gasteiger partial charge in [-0.2, -0.15) is 0 Å². The molecule has 0 radical (unpaired) electrons. The highest BCUT2D eigenvalue weighted by Gasteiger charge is 2.36. The minimum Gasteiger partial charge on any atom is -0.298 e. The van der Waals surface area contributed by atoms with E-state index < -0.39 is 0 Å². The van der Waals surface area contributed by atoms with Crippen LogP contribution in [-0.4, -0.2) is 52.9 Å². The molecule has 2 fully saturated rings. The Labute approximate surface area is 102 Å². The molecule has 3 unspecified atom stereocenters. The van der Waals surface area contributed by atoms with Crippen molar-refractivity contribution in [3.05, 3.63) is 0 Å². The molecule has 0 aromatic heterocycles. The average molecular weight is 275 g/mol. The number of hydrogen-bond acceptors (Lipinski definition) is 2. The van der Waals surface area contributed by atoms with Gasteiger partial charge in [0.1, 0.15) is 0 Å². The normalized spacial score (nSPS) is 35.8. The van der Waals surface area contributed by atoms with Gasteiger partial charge in [-0.05, 0) is 19.3 Å². The fraction of sp³-hybridized carbons (Fsp3) is 1.00. The van der Waals surface area contributed by atoms with Crippen molar-refractivity contribution in [1.82, 2.24) is 9.80 Å². The molecule has 0 saturated carbocycles. The lowest BCUT2D eigenvalue weighted by Crippen LogP contribution is -2.53. The van der Waals surface area contributed by atoms with Crippen LogP contribution in [0.3, 0.4) is 0 Å². The molecule has 0 aromatic carbocycles. The summed E-state index contributed by atoms with van der Waals surface area (Å²) in [6.07, 6.45) is 1.33. The zero-order valence-corrected chi connectivity index (χ0v) is 11.7. The molecule has 2 saturated heterocycles. The van der Waals surface area contributed by atoms with Gasteiger partial charge in [-0.3, -0.25) is 9.80 Å². The van der Waals surface area contributed by atoms with Gasteiger partial charge < -0.3 is 0 Å². The Kier molecular flexibility index (Phi) is 3.74. The van der Waals surface area contributed by atoms with Crippen LogP contribution in [0.2, 0.25) is 0 Å². The second-order valence-corrected chi connectivity index (χ2v) is 6.76. The monoisotopic (exact) mass is 274 g/mol. The topological polar surface area (TPSA) is 6.48 Å². The number of rotatable bonds is 2. The number of alkyl halides is 1. The minimum atomic E-state index is 0.733. The summed E-state index contributed by atoms with van der Waals surface area (Å²) in [5, 5.41) is 0. The third kappa shape index (κ3) is 2.56. The molecule has 0 aliphatic carbocycles. The van der Waals surface area contributed by atoms with E-state index in [1.165, 1.54) is 32.6 Å². The van der Waals surface area contributed by atoms with Gasteiger partial charge in [0.15, 0.2) is 0 Å². The van der Waals surface area contributed by atoms with Crippen LogP contribution in [0.5, 0.6) is 0 Å². The first-order valence-corrected chi connectivity index (χ1v) is 7.11. The first kappa shape index (κ1) is 11.9. The molecule has 2 nitrogen and oxygen atoms in total. The van der Waals surface area contributed by atoms with Gasteiger partial charge in [0.25, 0.3) is 0 Å². The Morgan fingerprint density at radius 2 is 1.87 bits per heavy atom. The third-order valence-electron chi connectivity index (χ3n) is 4.14. The lowest BCUT2D eigenvalue weighted by atomic mass is 10.0. The lowest BCUT2D eigenvalue weighted by Gasteiger charge is -2.41. The standard InChI is InChI=1S/C12H23BrN2/c1-9(2)10(3)14-4-5-15-7-11(13)6-12(15)8-14/h9-12H,4-8H2,1-3H3. The van der Waals surface area contributed by atoms with E-state index in [9.17, 15) is 0 Å². The average Bonchev–Trinajstić information content (AvgIpc) is 2.55. The summed E-state index contributed by atoms with van der Waals surface area (Å²) in [5.41, 5.74) is 0. The van der Waals surface area contributed by atoms with Gasteiger partial charge in [0, 0.05) is 43.1 Å². The highest BCUT2D eigenvalue weighted by atomic mass is 79.9. The van der Waals surface area contributed by atoms with Crippen molar-refractivity contribution in [3.63, 3.8) is 0 Å². The maximum absolute atomic E-state index is 3.75. The summed E-state index contributed by atoms with van der Waals surface area (Å²) in [6, 6.07) is 1.55. The van der Waals surface area contributed by atoms with E-state index in [0.717, 1.165) is 22.8 Å². The molecule has 2 aliphatic heterocycles. The molecule has 15 heavy (non-hydrogen) atoms. The molecule has 2 aliphatic rings. The molecule has 0 aromatic rings. The lowest BCUT2D eigenvalue weighted by molar-refractivity contribution is 0.0616. The van der Waals surface area contributed by atoms with Gasteiger partial charge in [-0.15, -0.1) is 0 Å². The molecule has 3 atom stereocenters. The fourth-order valence-electron chi connectivity index (χ4n) is 2.80. The van der Waals surface area contributed by atoms with Crippen molar-refractivity contribution < 1.29 is 0 Å². The van der Waals surface area contributed by atoms with Crippen LogP contribution in [-0.2, 0) is 0 Å². The summed E-state index contributed by atoms with van der Waals surface area (Å²) in [4.78, 5) is 6.07. The Bertz CT molecular complexity index is 220. The molecule has 2 heterocycles. The molecule has 0 amide bonds. The SMILES string of the molecule is CC(C)C(C)N1CCN2CC(Br)CC2C1. The third-order valence-corrected chi connectivity index (χ3v) is 4.80. The van der Waals surface area contributed by atoms with Gasteiger partial charge in [-0.1, -0.05) is 29.8 Å². The van der Waals surface area contributed by atoms with E-state index in [2.05, 4.69) is 46.5 Å². The van der Waals surface area contributed by atoms with E-state index >= 15 is 0 Å². The minimum absolute atomic E-state index is 0.733. The molecule has 88 valence electrons. The predicted octanol–water partition coefficient (Wildman–Crippen LogP) is 2.18. The van der Waals surface area contributed by atoms with Crippen molar-refractivity contribution in [2.24, 2.45) is 5.92 Å². The Hall–Kier alpha value is 0.400.